The summed E-state index contributed by atoms with van der Waals surface area (Å²) in [4.78, 5) is 33.6. The molecule has 0 bridgehead atoms. The van der Waals surface area contributed by atoms with Crippen molar-refractivity contribution < 1.29 is 14.7 Å². The number of aryl methyl sites for hydroxylation is 1. The van der Waals surface area contributed by atoms with Crippen LogP contribution in [0.25, 0.3) is 17.0 Å². The Hall–Kier alpha value is -2.84. The molecule has 0 aliphatic carbocycles. The molecule has 0 aliphatic heterocycles. The van der Waals surface area contributed by atoms with Crippen molar-refractivity contribution >= 4 is 41.0 Å². The van der Waals surface area contributed by atoms with Crippen molar-refractivity contribution in [2.75, 3.05) is 0 Å². The largest absolute Gasteiger partial charge is 0.465 e. The summed E-state index contributed by atoms with van der Waals surface area (Å²) in [7, 11) is 0. The van der Waals surface area contributed by atoms with Gasteiger partial charge in [0.15, 0.2) is 0 Å². The SMILES string of the molecule is Cc1nc2nc(C(N)=O)cn2c(-c2ccc(Cl)cc2Cl)c1CN(C(=O)O)C(C)(C)C. The molecule has 3 rings (SSSR count). The second-order valence-electron chi connectivity index (χ2n) is 7.85. The van der Waals surface area contributed by atoms with Gasteiger partial charge in [-0.1, -0.05) is 23.2 Å². The topological polar surface area (TPSA) is 114 Å². The lowest BCUT2D eigenvalue weighted by molar-refractivity contribution is 0.0952. The molecule has 0 spiro atoms. The average Bonchev–Trinajstić information content (AvgIpc) is 3.02. The van der Waals surface area contributed by atoms with Crippen LogP contribution in [0.5, 0.6) is 0 Å². The van der Waals surface area contributed by atoms with E-state index in [1.807, 2.05) is 0 Å². The number of hydrogen-bond donors (Lipinski definition) is 2. The van der Waals surface area contributed by atoms with Gasteiger partial charge in [-0.25, -0.2) is 14.8 Å². The number of carbonyl (C=O) groups is 2. The zero-order valence-corrected chi connectivity index (χ0v) is 18.4. The third-order valence-electron chi connectivity index (χ3n) is 4.71. The van der Waals surface area contributed by atoms with Crippen LogP contribution in [0.3, 0.4) is 0 Å². The highest BCUT2D eigenvalue weighted by molar-refractivity contribution is 6.36. The highest BCUT2D eigenvalue weighted by Gasteiger charge is 2.29. The monoisotopic (exact) mass is 449 g/mol. The molecule has 158 valence electrons. The standard InChI is InChI=1S/C20H21Cl2N5O3/c1-10-13(8-27(19(29)30)20(2,3)4)16(12-6-5-11(21)7-14(12)22)26-9-15(17(23)28)25-18(26)24-10/h5-7,9H,8H2,1-4H3,(H2,23,28)(H,29,30). The van der Waals surface area contributed by atoms with E-state index in [4.69, 9.17) is 28.9 Å². The molecule has 2 heterocycles. The highest BCUT2D eigenvalue weighted by Crippen LogP contribution is 2.35. The maximum atomic E-state index is 12.0. The molecule has 0 fully saturated rings. The maximum Gasteiger partial charge on any atom is 0.408 e. The molecule has 0 saturated heterocycles. The molecule has 0 atom stereocenters. The predicted molar refractivity (Wildman–Crippen MR) is 115 cm³/mol. The average molecular weight is 450 g/mol. The number of imidazole rings is 1. The first-order valence-electron chi connectivity index (χ1n) is 9.04. The van der Waals surface area contributed by atoms with E-state index in [0.717, 1.165) is 0 Å². The summed E-state index contributed by atoms with van der Waals surface area (Å²) in [5, 5.41) is 10.6. The molecule has 2 amide bonds. The minimum Gasteiger partial charge on any atom is -0.465 e. The van der Waals surface area contributed by atoms with Gasteiger partial charge >= 0.3 is 6.09 Å². The van der Waals surface area contributed by atoms with E-state index >= 15 is 0 Å². The van der Waals surface area contributed by atoms with Crippen LogP contribution in [0.4, 0.5) is 4.79 Å². The van der Waals surface area contributed by atoms with Crippen molar-refractivity contribution in [3.8, 4) is 11.3 Å². The fraction of sp³-hybridized carbons (Fsp3) is 0.300. The number of halogens is 2. The van der Waals surface area contributed by atoms with E-state index in [1.165, 1.54) is 11.1 Å². The number of amides is 2. The van der Waals surface area contributed by atoms with Gasteiger partial charge in [-0.15, -0.1) is 0 Å². The van der Waals surface area contributed by atoms with Crippen molar-refractivity contribution in [3.63, 3.8) is 0 Å². The molecule has 0 radical (unpaired) electrons. The van der Waals surface area contributed by atoms with Gasteiger partial charge in [0.1, 0.15) is 5.69 Å². The maximum absolute atomic E-state index is 12.0. The lowest BCUT2D eigenvalue weighted by Crippen LogP contribution is -2.44. The van der Waals surface area contributed by atoms with Crippen LogP contribution in [0.2, 0.25) is 10.0 Å². The van der Waals surface area contributed by atoms with Crippen LogP contribution in [0.1, 0.15) is 42.5 Å². The van der Waals surface area contributed by atoms with Gasteiger partial charge in [0, 0.05) is 33.6 Å². The van der Waals surface area contributed by atoms with Gasteiger partial charge in [-0.2, -0.15) is 0 Å². The van der Waals surface area contributed by atoms with Gasteiger partial charge in [0.05, 0.1) is 17.3 Å². The van der Waals surface area contributed by atoms with Gasteiger partial charge in [-0.05, 0) is 45.9 Å². The molecule has 10 heteroatoms. The lowest BCUT2D eigenvalue weighted by atomic mass is 10.0. The number of hydrogen-bond acceptors (Lipinski definition) is 4. The zero-order valence-electron chi connectivity index (χ0n) is 16.9. The summed E-state index contributed by atoms with van der Waals surface area (Å²) in [6, 6.07) is 5.00. The summed E-state index contributed by atoms with van der Waals surface area (Å²) < 4.78 is 1.60. The second kappa shape index (κ2) is 7.77. The summed E-state index contributed by atoms with van der Waals surface area (Å²) >= 11 is 12.5. The van der Waals surface area contributed by atoms with Crippen molar-refractivity contribution in [2.45, 2.75) is 39.8 Å². The Morgan fingerprint density at radius 2 is 1.90 bits per heavy atom. The Bertz CT molecular complexity index is 1170. The van der Waals surface area contributed by atoms with Gasteiger partial charge in [-0.3, -0.25) is 14.1 Å². The fourth-order valence-electron chi connectivity index (χ4n) is 3.18. The summed E-state index contributed by atoms with van der Waals surface area (Å²) in [5.74, 6) is -0.446. The number of rotatable bonds is 4. The van der Waals surface area contributed by atoms with Crippen molar-refractivity contribution in [1.29, 1.82) is 0 Å². The molecular weight excluding hydrogens is 429 g/mol. The number of primary amides is 1. The Morgan fingerprint density at radius 1 is 1.23 bits per heavy atom. The highest BCUT2D eigenvalue weighted by atomic mass is 35.5. The second-order valence-corrected chi connectivity index (χ2v) is 8.69. The quantitative estimate of drug-likeness (QED) is 0.612. The molecule has 3 N–H and O–H groups in total. The Morgan fingerprint density at radius 3 is 2.43 bits per heavy atom. The van der Waals surface area contributed by atoms with E-state index in [-0.39, 0.29) is 18.0 Å². The minimum atomic E-state index is -1.07. The van der Waals surface area contributed by atoms with E-state index in [0.29, 0.717) is 32.6 Å². The number of carbonyl (C=O) groups excluding carboxylic acids is 1. The number of aromatic nitrogens is 3. The van der Waals surface area contributed by atoms with E-state index in [9.17, 15) is 14.7 Å². The minimum absolute atomic E-state index is 0.0382. The molecular formula is C20H21Cl2N5O3. The Kier molecular flexibility index (Phi) is 5.66. The molecule has 0 saturated carbocycles. The van der Waals surface area contributed by atoms with Crippen LogP contribution < -0.4 is 5.73 Å². The van der Waals surface area contributed by atoms with E-state index in [2.05, 4.69) is 9.97 Å². The lowest BCUT2D eigenvalue weighted by Gasteiger charge is -2.34. The molecule has 1 aromatic carbocycles. The van der Waals surface area contributed by atoms with Crippen LogP contribution >= 0.6 is 23.2 Å². The molecule has 0 unspecified atom stereocenters. The number of benzene rings is 1. The zero-order chi connectivity index (χ0) is 22.4. The van der Waals surface area contributed by atoms with Gasteiger partial charge < -0.3 is 10.8 Å². The van der Waals surface area contributed by atoms with E-state index in [1.54, 1.807) is 50.3 Å². The predicted octanol–water partition coefficient (Wildman–Crippen LogP) is 4.39. The number of carboxylic acid groups (broad SMARTS) is 1. The van der Waals surface area contributed by atoms with Crippen LogP contribution in [-0.2, 0) is 6.54 Å². The van der Waals surface area contributed by atoms with E-state index < -0.39 is 17.5 Å². The summed E-state index contributed by atoms with van der Waals surface area (Å²) in [6.45, 7) is 7.22. The van der Waals surface area contributed by atoms with Crippen molar-refractivity contribution in [1.82, 2.24) is 19.3 Å². The van der Waals surface area contributed by atoms with Crippen molar-refractivity contribution in [2.24, 2.45) is 5.73 Å². The first-order chi connectivity index (χ1) is 13.9. The third-order valence-corrected chi connectivity index (χ3v) is 5.26. The number of fused-ring (bicyclic) bond motifs is 1. The Balaban J connectivity index is 2.37. The molecule has 3 aromatic rings. The van der Waals surface area contributed by atoms with Crippen LogP contribution in [0.15, 0.2) is 24.4 Å². The van der Waals surface area contributed by atoms with Gasteiger partial charge in [0.25, 0.3) is 5.91 Å². The molecule has 2 aromatic heterocycles. The fourth-order valence-corrected chi connectivity index (χ4v) is 3.68. The first-order valence-corrected chi connectivity index (χ1v) is 9.80. The first kappa shape index (κ1) is 21.9. The summed E-state index contributed by atoms with van der Waals surface area (Å²) in [6.07, 6.45) is 0.398. The van der Waals surface area contributed by atoms with Crippen molar-refractivity contribution in [3.05, 3.63) is 51.4 Å². The number of nitrogens with zero attached hydrogens (tertiary/aromatic N) is 4. The normalized spacial score (nSPS) is 11.7. The summed E-state index contributed by atoms with van der Waals surface area (Å²) in [5.41, 5.74) is 7.11. The molecule has 8 nitrogen and oxygen atoms in total. The smallest absolute Gasteiger partial charge is 0.408 e. The van der Waals surface area contributed by atoms with Gasteiger partial charge in [0.2, 0.25) is 5.78 Å². The molecule has 30 heavy (non-hydrogen) atoms. The number of nitrogens with two attached hydrogens (primary N) is 1. The molecule has 0 aliphatic rings. The van der Waals surface area contributed by atoms with Crippen LogP contribution in [-0.4, -0.2) is 41.9 Å². The Labute approximate surface area is 183 Å². The third kappa shape index (κ3) is 4.06. The van der Waals surface area contributed by atoms with Crippen LogP contribution in [0, 0.1) is 6.92 Å².